The Morgan fingerprint density at radius 1 is 0.889 bits per heavy atom. The van der Waals surface area contributed by atoms with Crippen LogP contribution >= 0.6 is 0 Å². The first-order valence-corrected chi connectivity index (χ1v) is 18.9. The average molecular weight is 739 g/mol. The number of imidazole rings is 1. The molecule has 0 aliphatic carbocycles. The van der Waals surface area contributed by atoms with E-state index in [9.17, 15) is 14.4 Å². The summed E-state index contributed by atoms with van der Waals surface area (Å²) in [6.45, 7) is 8.50. The smallest absolute Gasteiger partial charge is 0.168 e. The number of H-pyrrole nitrogens is 1. The number of hydrogen-bond acceptors (Lipinski definition) is 10. The van der Waals surface area contributed by atoms with Crippen LogP contribution in [0.15, 0.2) is 29.1 Å². The summed E-state index contributed by atoms with van der Waals surface area (Å²) in [5.74, 6) is -0.00992. The Kier molecular flexibility index (Phi) is 16.6. The fourth-order valence-corrected chi connectivity index (χ4v) is 5.41. The quantitative estimate of drug-likeness (QED) is 0.0229. The maximum Gasteiger partial charge on any atom is 0.168 e. The number of nitrogens with zero attached hydrogens (tertiary/aromatic N) is 3. The van der Waals surface area contributed by atoms with Crippen molar-refractivity contribution in [1.82, 2.24) is 44.3 Å². The van der Waals surface area contributed by atoms with Crippen molar-refractivity contribution in [3.8, 4) is 0 Å². The number of halogens is 1. The Hall–Kier alpha value is -3.28. The first kappa shape index (κ1) is 36.2. The minimum absolute atomic E-state index is 0.0997. The maximum absolute atomic E-state index is 12.7. The Bertz CT molecular complexity index is 1380. The molecule has 9 N–H and O–H groups in total. The number of rotatable bonds is 23. The van der Waals surface area contributed by atoms with Crippen molar-refractivity contribution < 1.29 is 31.1 Å². The molecule has 15 heteroatoms. The summed E-state index contributed by atoms with van der Waals surface area (Å²) < 4.78 is 4.92. The van der Waals surface area contributed by atoms with Crippen LogP contribution in [-0.4, -0.2) is 88.6 Å². The number of alkyl halides is 1. The number of carbonyl (C=O) groups is 2. The maximum atomic E-state index is 12.7. The van der Waals surface area contributed by atoms with E-state index in [2.05, 4.69) is 56.9 Å². The second kappa shape index (κ2) is 20.7. The van der Waals surface area contributed by atoms with Gasteiger partial charge in [-0.25, -0.2) is 4.79 Å². The zero-order valence-electron chi connectivity index (χ0n) is 26.4. The number of hydrogen-bond donors (Lipinski definition) is 8. The van der Waals surface area contributed by atoms with E-state index in [0.717, 1.165) is 70.4 Å². The SMILES string of the molecule is CCCCNc1nc(N)c2[nH]c(=O)n(Cc3ccc(C(=O)NCC(=O)NCCCNCCCCNCCCN[I-]C)cc3)c2n1. The number of anilines is 2. The average Bonchev–Trinajstić information content (AvgIpc) is 3.35. The fourth-order valence-electron chi connectivity index (χ4n) is 4.49. The van der Waals surface area contributed by atoms with Crippen molar-refractivity contribution in [3.63, 3.8) is 0 Å². The fraction of sp³-hybridized carbons (Fsp3) is 0.567. The summed E-state index contributed by atoms with van der Waals surface area (Å²) in [6.07, 6.45) is 6.25. The van der Waals surface area contributed by atoms with Crippen molar-refractivity contribution in [3.05, 3.63) is 45.9 Å². The normalized spacial score (nSPS) is 11.2. The molecule has 14 nitrogen and oxygen atoms in total. The molecule has 2 heterocycles. The van der Waals surface area contributed by atoms with Gasteiger partial charge >= 0.3 is 105 Å². The second-order valence-electron chi connectivity index (χ2n) is 10.6. The van der Waals surface area contributed by atoms with Gasteiger partial charge in [0.2, 0.25) is 11.9 Å². The number of aromatic amines is 1. The molecule has 0 spiro atoms. The van der Waals surface area contributed by atoms with Gasteiger partial charge in [-0.2, -0.15) is 9.97 Å². The van der Waals surface area contributed by atoms with Crippen LogP contribution < -0.4 is 63.0 Å². The third kappa shape index (κ3) is 12.9. The molecule has 0 unspecified atom stereocenters. The largest absolute Gasteiger partial charge is 0.193 e. The zero-order valence-corrected chi connectivity index (χ0v) is 28.6. The number of nitrogens with one attached hydrogen (secondary N) is 7. The molecule has 1 aromatic carbocycles. The van der Waals surface area contributed by atoms with Crippen molar-refractivity contribution in [1.29, 1.82) is 0 Å². The molecule has 0 saturated carbocycles. The standard InChI is InChI=1S/C30H49IN11O3/c1-3-4-17-36-29-40-26(32)25-27(41-29)42(30(45)39-25)21-22-9-11-23(12-10-22)28(44)37-20-24(43)35-18-7-15-33-13-5-6-14-34-16-8-19-38-31-2/h9-12,33-34,38H,3-8,13-21H2,1-2H3,(H,35,43)(H,37,44)(H,39,45)(H3,32,36,40,41)/q-1. The van der Waals surface area contributed by atoms with Gasteiger partial charge in [-0.15, -0.1) is 0 Å². The van der Waals surface area contributed by atoms with Crippen LogP contribution in [0, 0.1) is 0 Å². The third-order valence-corrected chi connectivity index (χ3v) is 8.30. The molecule has 0 aliphatic heterocycles. The van der Waals surface area contributed by atoms with Crippen LogP contribution in [0.3, 0.4) is 0 Å². The van der Waals surface area contributed by atoms with Gasteiger partial charge < -0.3 is 26.7 Å². The van der Waals surface area contributed by atoms with E-state index in [1.807, 2.05) is 0 Å². The van der Waals surface area contributed by atoms with E-state index in [-0.39, 0.29) is 57.9 Å². The molecule has 2 aromatic heterocycles. The summed E-state index contributed by atoms with van der Waals surface area (Å²) in [7, 11) is 0. The topological polar surface area (TPSA) is 196 Å². The number of aromatic nitrogens is 4. The van der Waals surface area contributed by atoms with Gasteiger partial charge in [0, 0.05) is 18.7 Å². The molecule has 0 fully saturated rings. The molecule has 3 rings (SSSR count). The molecule has 0 bridgehead atoms. The van der Waals surface area contributed by atoms with Crippen molar-refractivity contribution in [2.45, 2.75) is 52.0 Å². The second-order valence-corrected chi connectivity index (χ2v) is 12.5. The summed E-state index contributed by atoms with van der Waals surface area (Å²) in [4.78, 5) is 51.1. The van der Waals surface area contributed by atoms with Gasteiger partial charge in [0.25, 0.3) is 5.91 Å². The number of nitrogens with two attached hydrogens (primary N) is 1. The van der Waals surface area contributed by atoms with Crippen LogP contribution in [0.2, 0.25) is 0 Å². The molecule has 0 aliphatic rings. The molecule has 250 valence electrons. The number of amides is 2. The van der Waals surface area contributed by atoms with E-state index in [0.29, 0.717) is 35.8 Å². The molecular formula is C30H49IN11O3-. The number of benzene rings is 1. The van der Waals surface area contributed by atoms with Crippen LogP contribution in [0.25, 0.3) is 11.2 Å². The molecule has 0 atom stereocenters. The van der Waals surface area contributed by atoms with Crippen LogP contribution in [-0.2, 0) is 11.3 Å². The molecule has 0 radical (unpaired) electrons. The molecule has 2 amide bonds. The summed E-state index contributed by atoms with van der Waals surface area (Å²) in [5.41, 5.74) is 7.73. The van der Waals surface area contributed by atoms with Gasteiger partial charge in [0.15, 0.2) is 11.5 Å². The van der Waals surface area contributed by atoms with Crippen LogP contribution in [0.4, 0.5) is 11.8 Å². The van der Waals surface area contributed by atoms with Gasteiger partial charge in [0.05, 0.1) is 13.1 Å². The summed E-state index contributed by atoms with van der Waals surface area (Å²) in [5, 5.41) is 15.5. The summed E-state index contributed by atoms with van der Waals surface area (Å²) >= 11 is 0.194. The van der Waals surface area contributed by atoms with Crippen LogP contribution in [0.1, 0.15) is 61.4 Å². The van der Waals surface area contributed by atoms with E-state index in [1.54, 1.807) is 24.3 Å². The molecule has 45 heavy (non-hydrogen) atoms. The van der Waals surface area contributed by atoms with Crippen molar-refractivity contribution in [2.24, 2.45) is 0 Å². The molecule has 0 saturated heterocycles. The number of carbonyl (C=O) groups excluding carboxylic acids is 2. The summed E-state index contributed by atoms with van der Waals surface area (Å²) in [6, 6.07) is 6.86. The molecule has 3 aromatic rings. The Labute approximate surface area is 275 Å². The van der Waals surface area contributed by atoms with Crippen molar-refractivity contribution >= 4 is 34.7 Å². The Balaban J connectivity index is 1.33. The van der Waals surface area contributed by atoms with Gasteiger partial charge in [-0.3, -0.25) is 14.2 Å². The Morgan fingerprint density at radius 2 is 1.58 bits per heavy atom. The van der Waals surface area contributed by atoms with Gasteiger partial charge in [-0.1, -0.05) is 25.5 Å². The number of fused-ring (bicyclic) bond motifs is 1. The number of nitrogen functional groups attached to an aromatic ring is 1. The van der Waals surface area contributed by atoms with E-state index in [1.165, 1.54) is 11.0 Å². The minimum atomic E-state index is -0.351. The van der Waals surface area contributed by atoms with Gasteiger partial charge in [0.1, 0.15) is 5.52 Å². The van der Waals surface area contributed by atoms with E-state index in [4.69, 9.17) is 5.73 Å². The van der Waals surface area contributed by atoms with E-state index < -0.39 is 0 Å². The first-order chi connectivity index (χ1) is 21.9. The Morgan fingerprint density at radius 3 is 2.27 bits per heavy atom. The minimum Gasteiger partial charge on any atom is -0.193 e. The van der Waals surface area contributed by atoms with E-state index >= 15 is 0 Å². The van der Waals surface area contributed by atoms with Crippen molar-refractivity contribution in [2.75, 3.05) is 68.3 Å². The molecular weight excluding hydrogens is 689 g/mol. The zero-order chi connectivity index (χ0) is 32.3. The first-order valence-electron chi connectivity index (χ1n) is 15.7. The predicted octanol–water partition coefficient (Wildman–Crippen LogP) is -2.23. The predicted molar refractivity (Wildman–Crippen MR) is 175 cm³/mol. The number of unbranched alkanes of at least 4 members (excludes halogenated alkanes) is 2. The third-order valence-electron chi connectivity index (χ3n) is 7.00. The monoisotopic (exact) mass is 738 g/mol. The van der Waals surface area contributed by atoms with Gasteiger partial charge in [-0.05, 0) is 24.1 Å². The van der Waals surface area contributed by atoms with Crippen LogP contribution in [0.5, 0.6) is 0 Å².